The molecule has 1 aromatic heterocycles. The van der Waals surface area contributed by atoms with Gasteiger partial charge >= 0.3 is 6.03 Å². The molecule has 3 aromatic rings. The topological polar surface area (TPSA) is 85.9 Å². The Morgan fingerprint density at radius 3 is 2.74 bits per heavy atom. The van der Waals surface area contributed by atoms with Gasteiger partial charge in [0, 0.05) is 24.3 Å². The number of hydrogen-bond donors (Lipinski definition) is 3. The molecule has 3 N–H and O–H groups in total. The van der Waals surface area contributed by atoms with Crippen molar-refractivity contribution >= 4 is 11.7 Å². The lowest BCUT2D eigenvalue weighted by atomic mass is 9.99. The number of hydrogen-bond acceptors (Lipinski definition) is 4. The van der Waals surface area contributed by atoms with Gasteiger partial charge in [-0.1, -0.05) is 37.3 Å². The summed E-state index contributed by atoms with van der Waals surface area (Å²) < 4.78 is 0. The molecule has 162 valence electrons. The lowest BCUT2D eigenvalue weighted by Crippen LogP contribution is -2.34. The van der Waals surface area contributed by atoms with E-state index in [4.69, 9.17) is 0 Å². The van der Waals surface area contributed by atoms with Crippen molar-refractivity contribution in [3.63, 3.8) is 0 Å². The number of carbonyl (C=O) groups excluding carboxylic acids is 1. The van der Waals surface area contributed by atoms with Gasteiger partial charge in [-0.15, -0.1) is 0 Å². The molecule has 2 amide bonds. The van der Waals surface area contributed by atoms with E-state index in [9.17, 15) is 4.79 Å². The van der Waals surface area contributed by atoms with Crippen molar-refractivity contribution in [1.29, 1.82) is 0 Å². The molecule has 2 heterocycles. The summed E-state index contributed by atoms with van der Waals surface area (Å²) in [6, 6.07) is 15.8. The van der Waals surface area contributed by atoms with E-state index in [0.29, 0.717) is 12.4 Å². The Kier molecular flexibility index (Phi) is 6.94. The first-order valence-corrected chi connectivity index (χ1v) is 11.0. The van der Waals surface area contributed by atoms with E-state index in [-0.39, 0.29) is 6.03 Å². The summed E-state index contributed by atoms with van der Waals surface area (Å²) in [6.45, 7) is 6.23. The Balaban J connectivity index is 1.26. The predicted molar refractivity (Wildman–Crippen MR) is 123 cm³/mol. The first kappa shape index (κ1) is 21.1. The molecule has 0 saturated carbocycles. The summed E-state index contributed by atoms with van der Waals surface area (Å²) in [5.74, 6) is 1.56. The molecule has 1 saturated heterocycles. The number of carbonyl (C=O) groups is 1. The number of anilines is 1. The lowest BCUT2D eigenvalue weighted by Gasteiger charge is -2.30. The van der Waals surface area contributed by atoms with Crippen LogP contribution in [0.4, 0.5) is 10.5 Å². The van der Waals surface area contributed by atoms with Gasteiger partial charge in [0.05, 0.1) is 0 Å². The number of rotatable bonds is 7. The van der Waals surface area contributed by atoms with Crippen molar-refractivity contribution in [3.05, 3.63) is 66.0 Å². The maximum Gasteiger partial charge on any atom is 0.319 e. The first-order chi connectivity index (χ1) is 15.2. The highest BCUT2D eigenvalue weighted by molar-refractivity contribution is 5.89. The van der Waals surface area contributed by atoms with Crippen LogP contribution in [0, 0.1) is 5.92 Å². The number of aromatic nitrogens is 3. The molecule has 0 bridgehead atoms. The lowest BCUT2D eigenvalue weighted by molar-refractivity contribution is 0.194. The van der Waals surface area contributed by atoms with E-state index in [1.165, 1.54) is 37.8 Å². The Labute approximate surface area is 183 Å². The molecule has 0 radical (unpaired) electrons. The van der Waals surface area contributed by atoms with Crippen LogP contribution in [-0.4, -0.2) is 45.7 Å². The molecule has 0 atom stereocenters. The van der Waals surface area contributed by atoms with E-state index in [0.717, 1.165) is 35.7 Å². The summed E-state index contributed by atoms with van der Waals surface area (Å²) >= 11 is 0. The summed E-state index contributed by atoms with van der Waals surface area (Å²) in [7, 11) is 0. The fraction of sp³-hybridized carbons (Fsp3) is 0.375. The number of H-pyrrole nitrogens is 1. The van der Waals surface area contributed by atoms with Gasteiger partial charge in [-0.3, -0.25) is 5.10 Å². The second-order valence-electron chi connectivity index (χ2n) is 8.32. The minimum Gasteiger partial charge on any atom is -0.334 e. The fourth-order valence-electron chi connectivity index (χ4n) is 3.91. The molecule has 1 aliphatic rings. The van der Waals surface area contributed by atoms with Crippen LogP contribution < -0.4 is 10.6 Å². The summed E-state index contributed by atoms with van der Waals surface area (Å²) in [5.41, 5.74) is 4.00. The smallest absolute Gasteiger partial charge is 0.319 e. The fourth-order valence-corrected chi connectivity index (χ4v) is 3.91. The highest BCUT2D eigenvalue weighted by Crippen LogP contribution is 2.18. The van der Waals surface area contributed by atoms with Crippen molar-refractivity contribution in [2.24, 2.45) is 5.92 Å². The highest BCUT2D eigenvalue weighted by atomic mass is 16.2. The van der Waals surface area contributed by atoms with Gasteiger partial charge in [0.2, 0.25) is 0 Å². The van der Waals surface area contributed by atoms with Crippen LogP contribution in [-0.2, 0) is 13.0 Å². The molecule has 0 unspecified atom stereocenters. The number of aromatic amines is 1. The summed E-state index contributed by atoms with van der Waals surface area (Å²) in [5, 5.41) is 12.6. The van der Waals surface area contributed by atoms with Crippen LogP contribution >= 0.6 is 0 Å². The van der Waals surface area contributed by atoms with Crippen molar-refractivity contribution in [1.82, 2.24) is 25.4 Å². The average Bonchev–Trinajstić information content (AvgIpc) is 3.33. The molecule has 0 spiro atoms. The average molecular weight is 419 g/mol. The Bertz CT molecular complexity index is 979. The minimum absolute atomic E-state index is 0.216. The standard InChI is InChI=1S/C24H30N6O/c1-18-8-11-30(12-9-18)13-10-19-4-3-7-22(15-19)28-24(31)25-16-20-5-2-6-21(14-20)23-26-17-27-29-23/h2-7,14-15,17-18H,8-13,16H2,1H3,(H2,25,28,31)(H,26,27,29). The second-order valence-corrected chi connectivity index (χ2v) is 8.32. The highest BCUT2D eigenvalue weighted by Gasteiger charge is 2.15. The third kappa shape index (κ3) is 6.15. The molecule has 0 aliphatic carbocycles. The van der Waals surface area contributed by atoms with E-state index < -0.39 is 0 Å². The van der Waals surface area contributed by atoms with Crippen LogP contribution in [0.15, 0.2) is 54.9 Å². The van der Waals surface area contributed by atoms with Crippen molar-refractivity contribution in [2.45, 2.75) is 32.7 Å². The normalized spacial score (nSPS) is 15.0. The molecule has 2 aromatic carbocycles. The van der Waals surface area contributed by atoms with E-state index in [1.54, 1.807) is 0 Å². The van der Waals surface area contributed by atoms with Gasteiger partial charge in [0.15, 0.2) is 5.82 Å². The first-order valence-electron chi connectivity index (χ1n) is 11.0. The largest absolute Gasteiger partial charge is 0.334 e. The van der Waals surface area contributed by atoms with Gasteiger partial charge in [0.1, 0.15) is 6.33 Å². The third-order valence-electron chi connectivity index (χ3n) is 5.85. The van der Waals surface area contributed by atoms with Gasteiger partial charge in [0.25, 0.3) is 0 Å². The Morgan fingerprint density at radius 2 is 1.94 bits per heavy atom. The van der Waals surface area contributed by atoms with Crippen molar-refractivity contribution in [3.8, 4) is 11.4 Å². The van der Waals surface area contributed by atoms with Crippen LogP contribution in [0.5, 0.6) is 0 Å². The van der Waals surface area contributed by atoms with Gasteiger partial charge in [-0.05, 0) is 67.6 Å². The number of nitrogens with zero attached hydrogens (tertiary/aromatic N) is 3. The molecule has 31 heavy (non-hydrogen) atoms. The zero-order valence-electron chi connectivity index (χ0n) is 18.0. The monoisotopic (exact) mass is 418 g/mol. The SMILES string of the molecule is CC1CCN(CCc2cccc(NC(=O)NCc3cccc(-c4ncn[nH]4)c3)c2)CC1. The third-order valence-corrected chi connectivity index (χ3v) is 5.85. The van der Waals surface area contributed by atoms with E-state index >= 15 is 0 Å². The number of piperidine rings is 1. The second kappa shape index (κ2) is 10.2. The van der Waals surface area contributed by atoms with E-state index in [2.05, 4.69) is 49.8 Å². The number of amides is 2. The molecule has 1 fully saturated rings. The summed E-state index contributed by atoms with van der Waals surface area (Å²) in [4.78, 5) is 19.1. The zero-order valence-corrected chi connectivity index (χ0v) is 18.0. The Morgan fingerprint density at radius 1 is 1.13 bits per heavy atom. The number of nitrogens with one attached hydrogen (secondary N) is 3. The van der Waals surface area contributed by atoms with Crippen LogP contribution in [0.2, 0.25) is 0 Å². The zero-order chi connectivity index (χ0) is 21.5. The molecular formula is C24H30N6O. The quantitative estimate of drug-likeness (QED) is 0.540. The predicted octanol–water partition coefficient (Wildman–Crippen LogP) is 4.07. The Hall–Kier alpha value is -3.19. The molecule has 4 rings (SSSR count). The maximum absolute atomic E-state index is 12.4. The summed E-state index contributed by atoms with van der Waals surface area (Å²) in [6.07, 6.45) is 5.07. The number of likely N-dealkylation sites (tertiary alicyclic amines) is 1. The van der Waals surface area contributed by atoms with Crippen LogP contribution in [0.3, 0.4) is 0 Å². The molecular weight excluding hydrogens is 388 g/mol. The van der Waals surface area contributed by atoms with Gasteiger partial charge < -0.3 is 15.5 Å². The molecule has 1 aliphatic heterocycles. The van der Waals surface area contributed by atoms with E-state index in [1.807, 2.05) is 36.4 Å². The van der Waals surface area contributed by atoms with Gasteiger partial charge in [-0.25, -0.2) is 9.78 Å². The maximum atomic E-state index is 12.4. The number of benzene rings is 2. The van der Waals surface area contributed by atoms with Crippen LogP contribution in [0.1, 0.15) is 30.9 Å². The molecule has 7 nitrogen and oxygen atoms in total. The van der Waals surface area contributed by atoms with Gasteiger partial charge in [-0.2, -0.15) is 5.10 Å². The molecule has 7 heteroatoms. The van der Waals surface area contributed by atoms with Crippen LogP contribution in [0.25, 0.3) is 11.4 Å². The number of urea groups is 1. The van der Waals surface area contributed by atoms with Crippen molar-refractivity contribution < 1.29 is 4.79 Å². The van der Waals surface area contributed by atoms with Crippen molar-refractivity contribution in [2.75, 3.05) is 25.0 Å². The minimum atomic E-state index is -0.216.